The zero-order chi connectivity index (χ0) is 19.8. The van der Waals surface area contributed by atoms with Crippen LogP contribution in [0.4, 0.5) is 0 Å². The lowest BCUT2D eigenvalue weighted by Gasteiger charge is -2.44. The molecule has 1 aliphatic heterocycles. The van der Waals surface area contributed by atoms with Crippen molar-refractivity contribution in [2.75, 3.05) is 0 Å². The minimum atomic E-state index is -0.447. The Morgan fingerprint density at radius 1 is 0.929 bits per heavy atom. The predicted molar refractivity (Wildman–Crippen MR) is 108 cm³/mol. The number of hydrogen-bond donors (Lipinski definition) is 0. The van der Waals surface area contributed by atoms with E-state index in [4.69, 9.17) is 19.7 Å². The fourth-order valence-corrected chi connectivity index (χ4v) is 3.58. The molecule has 2 aromatic rings. The molecular weight excluding hydrogens is 354 g/mol. The number of rotatable bonds is 8. The molecule has 5 atom stereocenters. The summed E-state index contributed by atoms with van der Waals surface area (Å²) in [6, 6.07) is 19.5. The van der Waals surface area contributed by atoms with E-state index in [-0.39, 0.29) is 24.4 Å². The number of nitrogens with zero attached hydrogens (tertiary/aromatic N) is 3. The molecule has 1 fully saturated rings. The van der Waals surface area contributed by atoms with Crippen molar-refractivity contribution < 1.29 is 14.2 Å². The van der Waals surface area contributed by atoms with E-state index in [1.807, 2.05) is 67.6 Å². The largest absolute Gasteiger partial charge is 0.372 e. The van der Waals surface area contributed by atoms with Crippen molar-refractivity contribution in [2.24, 2.45) is 5.11 Å². The average Bonchev–Trinajstić information content (AvgIpc) is 2.74. The molecule has 0 N–H and O–H groups in total. The Balaban J connectivity index is 1.79. The van der Waals surface area contributed by atoms with Gasteiger partial charge in [-0.05, 0) is 30.0 Å². The topological polar surface area (TPSA) is 76.5 Å². The molecule has 1 heterocycles. The van der Waals surface area contributed by atoms with E-state index < -0.39 is 6.04 Å². The molecule has 0 aromatic heterocycles. The van der Waals surface area contributed by atoms with Gasteiger partial charge in [0.25, 0.3) is 0 Å². The predicted octanol–water partition coefficient (Wildman–Crippen LogP) is 5.03. The highest BCUT2D eigenvalue weighted by atomic mass is 16.6. The van der Waals surface area contributed by atoms with Gasteiger partial charge in [0.05, 0.1) is 37.6 Å². The van der Waals surface area contributed by atoms with Gasteiger partial charge in [0.2, 0.25) is 0 Å². The third-order valence-corrected chi connectivity index (χ3v) is 5.06. The first kappa shape index (κ1) is 20.4. The van der Waals surface area contributed by atoms with Crippen molar-refractivity contribution in [3.8, 4) is 0 Å². The van der Waals surface area contributed by atoms with Crippen molar-refractivity contribution in [2.45, 2.75) is 63.9 Å². The van der Waals surface area contributed by atoms with Crippen LogP contribution in [-0.2, 0) is 27.4 Å². The lowest BCUT2D eigenvalue weighted by atomic mass is 9.92. The Bertz CT molecular complexity index is 765. The van der Waals surface area contributed by atoms with Gasteiger partial charge in [-0.3, -0.25) is 0 Å². The van der Waals surface area contributed by atoms with Crippen LogP contribution in [0.3, 0.4) is 0 Å². The summed E-state index contributed by atoms with van der Waals surface area (Å²) in [6.07, 6.45) is -0.269. The van der Waals surface area contributed by atoms with Crippen LogP contribution in [0.5, 0.6) is 0 Å². The maximum Gasteiger partial charge on any atom is 0.111 e. The van der Waals surface area contributed by atoms with E-state index in [1.165, 1.54) is 0 Å². The summed E-state index contributed by atoms with van der Waals surface area (Å²) in [4.78, 5) is 3.03. The van der Waals surface area contributed by atoms with E-state index in [0.29, 0.717) is 13.2 Å². The quantitative estimate of drug-likeness (QED) is 0.365. The maximum absolute atomic E-state index is 9.06. The Labute approximate surface area is 166 Å². The standard InChI is InChI=1S/C22H27N3O3/c1-3-19-21(26-14-17-10-6-4-7-11-17)22(20(24-25-23)16(2)28-19)27-15-18-12-8-5-9-13-18/h4-13,16,19-22H,3,14-15H2,1-2H3/t16?,19?,20?,21-,22+/m0/s1. The van der Waals surface area contributed by atoms with Crippen LogP contribution in [0.15, 0.2) is 65.8 Å². The van der Waals surface area contributed by atoms with Crippen molar-refractivity contribution in [1.29, 1.82) is 0 Å². The van der Waals surface area contributed by atoms with Crippen molar-refractivity contribution >= 4 is 0 Å². The van der Waals surface area contributed by atoms with Crippen LogP contribution in [0.25, 0.3) is 10.4 Å². The molecule has 6 heteroatoms. The lowest BCUT2D eigenvalue weighted by Crippen LogP contribution is -2.57. The highest BCUT2D eigenvalue weighted by Gasteiger charge is 2.44. The van der Waals surface area contributed by atoms with E-state index in [0.717, 1.165) is 17.5 Å². The molecule has 0 saturated carbocycles. The first-order valence-corrected chi connectivity index (χ1v) is 9.73. The number of benzene rings is 2. The number of ether oxygens (including phenoxy) is 3. The minimum Gasteiger partial charge on any atom is -0.372 e. The zero-order valence-electron chi connectivity index (χ0n) is 16.3. The summed E-state index contributed by atoms with van der Waals surface area (Å²) in [5.41, 5.74) is 11.2. The van der Waals surface area contributed by atoms with Crippen LogP contribution in [0.1, 0.15) is 31.4 Å². The molecule has 3 unspecified atom stereocenters. The second-order valence-corrected chi connectivity index (χ2v) is 7.01. The van der Waals surface area contributed by atoms with Gasteiger partial charge >= 0.3 is 0 Å². The summed E-state index contributed by atoms with van der Waals surface area (Å²) in [5.74, 6) is 0. The zero-order valence-corrected chi connectivity index (χ0v) is 16.3. The molecule has 28 heavy (non-hydrogen) atoms. The van der Waals surface area contributed by atoms with Crippen molar-refractivity contribution in [3.05, 3.63) is 82.2 Å². The first-order chi connectivity index (χ1) is 13.7. The van der Waals surface area contributed by atoms with E-state index in [2.05, 4.69) is 16.9 Å². The molecule has 1 saturated heterocycles. The normalized spacial score (nSPS) is 27.1. The van der Waals surface area contributed by atoms with Gasteiger partial charge in [-0.1, -0.05) is 72.7 Å². The maximum atomic E-state index is 9.06. The second kappa shape index (κ2) is 10.2. The van der Waals surface area contributed by atoms with Gasteiger partial charge in [-0.2, -0.15) is 0 Å². The fraction of sp³-hybridized carbons (Fsp3) is 0.455. The van der Waals surface area contributed by atoms with Gasteiger partial charge in [-0.25, -0.2) is 0 Å². The third-order valence-electron chi connectivity index (χ3n) is 5.06. The smallest absolute Gasteiger partial charge is 0.111 e. The Morgan fingerprint density at radius 2 is 1.46 bits per heavy atom. The van der Waals surface area contributed by atoms with E-state index >= 15 is 0 Å². The second-order valence-electron chi connectivity index (χ2n) is 7.01. The van der Waals surface area contributed by atoms with Crippen LogP contribution in [-0.4, -0.2) is 30.5 Å². The van der Waals surface area contributed by atoms with Crippen molar-refractivity contribution in [1.82, 2.24) is 0 Å². The molecule has 3 rings (SSSR count). The van der Waals surface area contributed by atoms with Gasteiger partial charge in [-0.15, -0.1) is 0 Å². The van der Waals surface area contributed by atoms with Crippen LogP contribution in [0, 0.1) is 0 Å². The summed E-state index contributed by atoms with van der Waals surface area (Å²) in [7, 11) is 0. The summed E-state index contributed by atoms with van der Waals surface area (Å²) >= 11 is 0. The third kappa shape index (κ3) is 5.12. The molecule has 148 valence electrons. The van der Waals surface area contributed by atoms with E-state index in [1.54, 1.807) is 0 Å². The Hall–Kier alpha value is -2.37. The SMILES string of the molecule is CCC1OC(C)C(N=[N+]=[N-])[C@@H](OCc2ccccc2)[C@H]1OCc1ccccc1. The van der Waals surface area contributed by atoms with Gasteiger partial charge in [0.1, 0.15) is 6.10 Å². The number of hydrogen-bond acceptors (Lipinski definition) is 4. The highest BCUT2D eigenvalue weighted by molar-refractivity contribution is 5.14. The lowest BCUT2D eigenvalue weighted by molar-refractivity contribution is -0.212. The Morgan fingerprint density at radius 3 is 1.96 bits per heavy atom. The van der Waals surface area contributed by atoms with Crippen LogP contribution < -0.4 is 0 Å². The molecule has 1 aliphatic rings. The van der Waals surface area contributed by atoms with Crippen LogP contribution >= 0.6 is 0 Å². The average molecular weight is 381 g/mol. The molecule has 0 bridgehead atoms. The minimum absolute atomic E-state index is 0.121. The molecule has 0 aliphatic carbocycles. The summed E-state index contributed by atoms with van der Waals surface area (Å²) in [5, 5.41) is 3.98. The van der Waals surface area contributed by atoms with E-state index in [9.17, 15) is 0 Å². The molecule has 0 amide bonds. The van der Waals surface area contributed by atoms with Gasteiger partial charge < -0.3 is 14.2 Å². The molecule has 6 nitrogen and oxygen atoms in total. The van der Waals surface area contributed by atoms with Gasteiger partial charge in [0, 0.05) is 4.91 Å². The van der Waals surface area contributed by atoms with Gasteiger partial charge in [0.15, 0.2) is 0 Å². The summed E-state index contributed by atoms with van der Waals surface area (Å²) in [6.45, 7) is 4.87. The van der Waals surface area contributed by atoms with Crippen LogP contribution in [0.2, 0.25) is 0 Å². The molecule has 2 aromatic carbocycles. The fourth-order valence-electron chi connectivity index (χ4n) is 3.58. The highest BCUT2D eigenvalue weighted by Crippen LogP contribution is 2.31. The van der Waals surface area contributed by atoms with Crippen molar-refractivity contribution in [3.63, 3.8) is 0 Å². The molecule has 0 radical (unpaired) electrons. The first-order valence-electron chi connectivity index (χ1n) is 9.73. The molecule has 0 spiro atoms. The number of azide groups is 1. The summed E-state index contributed by atoms with van der Waals surface area (Å²) < 4.78 is 18.6. The molecular formula is C22H27N3O3. The Kier molecular flexibility index (Phi) is 7.46. The monoisotopic (exact) mass is 381 g/mol.